The van der Waals surface area contributed by atoms with Crippen molar-refractivity contribution in [2.75, 3.05) is 38.6 Å². The minimum atomic E-state index is -1.01. The fourth-order valence-corrected chi connectivity index (χ4v) is 5.35. The van der Waals surface area contributed by atoms with Crippen LogP contribution < -0.4 is 10.1 Å². The van der Waals surface area contributed by atoms with Crippen LogP contribution in [0.4, 0.5) is 10.6 Å². The highest BCUT2D eigenvalue weighted by atomic mass is 32.1. The van der Waals surface area contributed by atoms with Crippen molar-refractivity contribution in [3.05, 3.63) is 46.5 Å². The standard InChI is InChI=1S/C29H37N5O5S/c1-7-22(35)24(33-12-14-34(15-13-33)28(37)39-29(3,4)5)25(36)23-26(31-21-16-18(2)40-27(21)32-23)30-17-19-8-10-20(38-6)11-9-19/h8-11,16,24H,7,12-15,17H2,1-6H3,(H,30,31). The van der Waals surface area contributed by atoms with Crippen LogP contribution in [0.25, 0.3) is 10.3 Å². The van der Waals surface area contributed by atoms with Crippen LogP contribution in [0.15, 0.2) is 30.3 Å². The van der Waals surface area contributed by atoms with Crippen molar-refractivity contribution in [2.45, 2.75) is 59.2 Å². The number of amides is 1. The molecule has 1 aliphatic heterocycles. The number of carbonyl (C=O) groups excluding carboxylic acids is 3. The Bertz CT molecular complexity index is 1370. The maximum Gasteiger partial charge on any atom is 0.410 e. The number of benzene rings is 1. The lowest BCUT2D eigenvalue weighted by molar-refractivity contribution is -0.122. The third kappa shape index (κ3) is 6.95. The Morgan fingerprint density at radius 1 is 1.07 bits per heavy atom. The number of piperazine rings is 1. The summed E-state index contributed by atoms with van der Waals surface area (Å²) in [5, 5.41) is 3.28. The first-order valence-electron chi connectivity index (χ1n) is 13.4. The van der Waals surface area contributed by atoms with E-state index in [1.165, 1.54) is 11.3 Å². The summed E-state index contributed by atoms with van der Waals surface area (Å²) in [5.74, 6) is 0.506. The number of hydrogen-bond acceptors (Lipinski definition) is 10. The molecule has 0 aliphatic carbocycles. The van der Waals surface area contributed by atoms with Crippen LogP contribution in [0.5, 0.6) is 5.75 Å². The van der Waals surface area contributed by atoms with Gasteiger partial charge in [-0.05, 0) is 51.5 Å². The lowest BCUT2D eigenvalue weighted by Gasteiger charge is -2.38. The van der Waals surface area contributed by atoms with Crippen molar-refractivity contribution in [2.24, 2.45) is 0 Å². The second-order valence-corrected chi connectivity index (χ2v) is 12.0. The van der Waals surface area contributed by atoms with E-state index in [9.17, 15) is 14.4 Å². The monoisotopic (exact) mass is 567 g/mol. The summed E-state index contributed by atoms with van der Waals surface area (Å²) >= 11 is 1.46. The zero-order valence-electron chi connectivity index (χ0n) is 23.9. The number of anilines is 1. The van der Waals surface area contributed by atoms with Crippen molar-refractivity contribution in [3.63, 3.8) is 0 Å². The van der Waals surface area contributed by atoms with Crippen molar-refractivity contribution >= 4 is 45.2 Å². The SMILES string of the molecule is CCC(=O)C(C(=O)c1nc2sc(C)cc2nc1NCc1ccc(OC)cc1)N1CCN(C(=O)OC(C)(C)C)CC1. The third-order valence-corrected chi connectivity index (χ3v) is 7.51. The van der Waals surface area contributed by atoms with Crippen molar-refractivity contribution in [1.29, 1.82) is 0 Å². The fourth-order valence-electron chi connectivity index (χ4n) is 4.53. The zero-order chi connectivity index (χ0) is 29.0. The van der Waals surface area contributed by atoms with Gasteiger partial charge in [0.05, 0.1) is 7.11 Å². The molecule has 10 nitrogen and oxygen atoms in total. The summed E-state index contributed by atoms with van der Waals surface area (Å²) in [6.45, 7) is 11.0. The number of nitrogens with zero attached hydrogens (tertiary/aromatic N) is 4. The molecule has 1 aromatic carbocycles. The lowest BCUT2D eigenvalue weighted by atomic mass is 10.00. The molecule has 0 saturated carbocycles. The summed E-state index contributed by atoms with van der Waals surface area (Å²) in [6.07, 6.45) is -0.198. The molecule has 11 heteroatoms. The van der Waals surface area contributed by atoms with Gasteiger partial charge in [0.25, 0.3) is 0 Å². The third-order valence-electron chi connectivity index (χ3n) is 6.57. The average Bonchev–Trinajstić information content (AvgIpc) is 3.29. The molecule has 3 heterocycles. The molecule has 2 aromatic heterocycles. The van der Waals surface area contributed by atoms with E-state index in [2.05, 4.69) is 5.32 Å². The number of hydrogen-bond donors (Lipinski definition) is 1. The highest BCUT2D eigenvalue weighted by Crippen LogP contribution is 2.27. The lowest BCUT2D eigenvalue weighted by Crippen LogP contribution is -2.57. The van der Waals surface area contributed by atoms with Gasteiger partial charge in [-0.15, -0.1) is 11.3 Å². The molecule has 3 aromatic rings. The number of nitrogens with one attached hydrogen (secondary N) is 1. The van der Waals surface area contributed by atoms with Crippen LogP contribution in [0.1, 0.15) is 55.0 Å². The van der Waals surface area contributed by atoms with E-state index in [0.29, 0.717) is 48.9 Å². The van der Waals surface area contributed by atoms with Crippen LogP contribution in [0, 0.1) is 6.92 Å². The van der Waals surface area contributed by atoms with Gasteiger partial charge in [0, 0.05) is 44.0 Å². The molecular formula is C29H37N5O5S. The van der Waals surface area contributed by atoms with Crippen LogP contribution in [-0.4, -0.2) is 82.4 Å². The van der Waals surface area contributed by atoms with Crippen molar-refractivity contribution in [1.82, 2.24) is 19.8 Å². The number of carbonyl (C=O) groups is 3. The maximum absolute atomic E-state index is 14.1. The normalized spacial score (nSPS) is 15.1. The molecular weight excluding hydrogens is 530 g/mol. The van der Waals surface area contributed by atoms with E-state index in [0.717, 1.165) is 16.2 Å². The Labute approximate surface area is 238 Å². The van der Waals surface area contributed by atoms with Gasteiger partial charge in [0.15, 0.2) is 17.3 Å². The van der Waals surface area contributed by atoms with Gasteiger partial charge in [0.1, 0.15) is 27.7 Å². The predicted octanol–water partition coefficient (Wildman–Crippen LogP) is 4.70. The van der Waals surface area contributed by atoms with Crippen LogP contribution in [0.2, 0.25) is 0 Å². The molecule has 0 radical (unpaired) electrons. The molecule has 1 saturated heterocycles. The molecule has 0 spiro atoms. The number of ether oxygens (including phenoxy) is 2. The summed E-state index contributed by atoms with van der Waals surface area (Å²) < 4.78 is 10.7. The molecule has 214 valence electrons. The smallest absolute Gasteiger partial charge is 0.410 e. The van der Waals surface area contributed by atoms with E-state index in [4.69, 9.17) is 19.4 Å². The van der Waals surface area contributed by atoms with Gasteiger partial charge in [-0.3, -0.25) is 14.5 Å². The van der Waals surface area contributed by atoms with E-state index in [-0.39, 0.29) is 17.9 Å². The fraction of sp³-hybridized carbons (Fsp3) is 0.483. The Morgan fingerprint density at radius 3 is 2.35 bits per heavy atom. The number of thiophene rings is 1. The van der Waals surface area contributed by atoms with Crippen molar-refractivity contribution < 1.29 is 23.9 Å². The largest absolute Gasteiger partial charge is 0.497 e. The van der Waals surface area contributed by atoms with Crippen LogP contribution in [-0.2, 0) is 16.1 Å². The Morgan fingerprint density at radius 2 is 1.75 bits per heavy atom. The first-order valence-corrected chi connectivity index (χ1v) is 14.2. The summed E-state index contributed by atoms with van der Waals surface area (Å²) in [6, 6.07) is 8.52. The number of aryl methyl sites for hydroxylation is 1. The molecule has 1 aliphatic rings. The minimum absolute atomic E-state index is 0.143. The topological polar surface area (TPSA) is 114 Å². The Balaban J connectivity index is 1.59. The highest BCUT2D eigenvalue weighted by molar-refractivity contribution is 7.18. The molecule has 40 heavy (non-hydrogen) atoms. The summed E-state index contributed by atoms with van der Waals surface area (Å²) in [7, 11) is 1.62. The van der Waals surface area contributed by atoms with Gasteiger partial charge in [-0.1, -0.05) is 19.1 Å². The number of fused-ring (bicyclic) bond motifs is 1. The molecule has 1 unspecified atom stereocenters. The van der Waals surface area contributed by atoms with Gasteiger partial charge in [0.2, 0.25) is 5.78 Å². The number of aromatic nitrogens is 2. The number of rotatable bonds is 9. The van der Waals surface area contributed by atoms with Crippen LogP contribution in [0.3, 0.4) is 0 Å². The average molecular weight is 568 g/mol. The van der Waals surface area contributed by atoms with Crippen molar-refractivity contribution in [3.8, 4) is 5.75 Å². The number of Topliss-reactive ketones (excluding diaryl/α,β-unsaturated/α-hetero) is 2. The highest BCUT2D eigenvalue weighted by Gasteiger charge is 2.38. The molecule has 1 fully saturated rings. The number of methoxy groups -OCH3 is 1. The predicted molar refractivity (Wildman–Crippen MR) is 155 cm³/mol. The van der Waals surface area contributed by atoms with Crippen LogP contribution >= 0.6 is 11.3 Å². The zero-order valence-corrected chi connectivity index (χ0v) is 24.8. The van der Waals surface area contributed by atoms with Gasteiger partial charge in [-0.2, -0.15) is 0 Å². The second-order valence-electron chi connectivity index (χ2n) is 10.8. The van der Waals surface area contributed by atoms with E-state index >= 15 is 0 Å². The van der Waals surface area contributed by atoms with Gasteiger partial charge >= 0.3 is 6.09 Å². The first kappa shape index (κ1) is 29.4. The summed E-state index contributed by atoms with van der Waals surface area (Å²) in [4.78, 5) is 54.4. The summed E-state index contributed by atoms with van der Waals surface area (Å²) in [5.41, 5.74) is 1.21. The maximum atomic E-state index is 14.1. The Hall–Kier alpha value is -3.57. The minimum Gasteiger partial charge on any atom is -0.497 e. The first-order chi connectivity index (χ1) is 19.0. The van der Waals surface area contributed by atoms with Gasteiger partial charge in [-0.25, -0.2) is 14.8 Å². The van der Waals surface area contributed by atoms with Gasteiger partial charge < -0.3 is 19.7 Å². The molecule has 4 rings (SSSR count). The molecule has 1 atom stereocenters. The van der Waals surface area contributed by atoms with E-state index in [1.54, 1.807) is 18.9 Å². The Kier molecular flexibility index (Phi) is 9.05. The second kappa shape index (κ2) is 12.3. The molecule has 0 bridgehead atoms. The molecule has 1 amide bonds. The van der Waals surface area contributed by atoms with E-state index in [1.807, 2.05) is 62.9 Å². The molecule has 1 N–H and O–H groups in total. The quantitative estimate of drug-likeness (QED) is 0.290. The van der Waals surface area contributed by atoms with E-state index < -0.39 is 23.5 Å². The number of ketones is 2.